The first-order chi connectivity index (χ1) is 18.5. The highest BCUT2D eigenvalue weighted by Gasteiger charge is 2.28. The number of nitrogens with one attached hydrogen (secondary N) is 1. The Morgan fingerprint density at radius 2 is 1.97 bits per heavy atom. The van der Waals surface area contributed by atoms with E-state index in [0.29, 0.717) is 29.3 Å². The number of hydrogen-bond donors (Lipinski definition) is 1. The normalized spacial score (nSPS) is 18.8. The number of anilines is 1. The summed E-state index contributed by atoms with van der Waals surface area (Å²) in [6.45, 7) is 4.25. The fourth-order valence-corrected chi connectivity index (χ4v) is 5.22. The van der Waals surface area contributed by atoms with Crippen molar-refractivity contribution in [3.63, 3.8) is 0 Å². The largest absolute Gasteiger partial charge is 0.354 e. The Hall–Kier alpha value is -4.10. The molecule has 38 heavy (non-hydrogen) atoms. The Labute approximate surface area is 220 Å². The molecule has 0 aliphatic carbocycles. The molecule has 2 fully saturated rings. The zero-order valence-corrected chi connectivity index (χ0v) is 21.4. The quantitative estimate of drug-likeness (QED) is 0.531. The molecule has 3 aliphatic heterocycles. The Morgan fingerprint density at radius 1 is 1.16 bits per heavy atom. The van der Waals surface area contributed by atoms with Crippen LogP contribution in [-0.2, 0) is 11.3 Å². The third kappa shape index (κ3) is 5.15. The Bertz CT molecular complexity index is 1390. The molecule has 1 unspecified atom stereocenters. The monoisotopic (exact) mass is 515 g/mol. The van der Waals surface area contributed by atoms with E-state index in [1.165, 1.54) is 44.1 Å². The maximum Gasteiger partial charge on any atom is 0.255 e. The lowest BCUT2D eigenvalue weighted by Crippen LogP contribution is -2.36. The number of piperidine rings is 1. The third-order valence-corrected chi connectivity index (χ3v) is 7.23. The summed E-state index contributed by atoms with van der Waals surface area (Å²) in [6, 6.07) is 9.71. The minimum atomic E-state index is -0.561. The minimum Gasteiger partial charge on any atom is -0.354 e. The lowest BCUT2D eigenvalue weighted by Gasteiger charge is -2.30. The maximum absolute atomic E-state index is 14.7. The number of carbonyl (C=O) groups is 2. The summed E-state index contributed by atoms with van der Waals surface area (Å²) in [7, 11) is 2.17. The number of amides is 1. The van der Waals surface area contributed by atoms with Gasteiger partial charge in [-0.2, -0.15) is 10.4 Å². The summed E-state index contributed by atoms with van der Waals surface area (Å²) in [5.74, 6) is -0.166. The Kier molecular flexibility index (Phi) is 7.47. The number of likely N-dealkylation sites (tertiary alicyclic amines) is 1. The van der Waals surface area contributed by atoms with Crippen LogP contribution in [-0.4, -0.2) is 65.1 Å². The number of fused-ring (bicyclic) bond motifs is 1. The molecule has 5 heterocycles. The summed E-state index contributed by atoms with van der Waals surface area (Å²) in [4.78, 5) is 32.6. The van der Waals surface area contributed by atoms with Gasteiger partial charge in [-0.3, -0.25) is 4.79 Å². The van der Waals surface area contributed by atoms with Crippen molar-refractivity contribution >= 4 is 18.0 Å². The molecule has 6 rings (SSSR count). The second-order valence-corrected chi connectivity index (χ2v) is 9.92. The van der Waals surface area contributed by atoms with Crippen LogP contribution in [0.1, 0.15) is 47.3 Å². The molecule has 3 aromatic rings. The number of halogens is 1. The molecular formula is C28H30FN7O2. The highest BCUT2D eigenvalue weighted by molar-refractivity contribution is 6.01. The van der Waals surface area contributed by atoms with E-state index in [1.807, 2.05) is 17.0 Å². The van der Waals surface area contributed by atoms with Gasteiger partial charge in [0, 0.05) is 31.3 Å². The number of carbonyl (C=O) groups excluding carboxylic acids is 2. The summed E-state index contributed by atoms with van der Waals surface area (Å²) in [5.41, 5.74) is 1.84. The van der Waals surface area contributed by atoms with Crippen LogP contribution in [0.25, 0.3) is 16.9 Å². The number of benzene rings is 1. The van der Waals surface area contributed by atoms with Crippen LogP contribution < -0.4 is 10.2 Å². The molecule has 2 saturated heterocycles. The van der Waals surface area contributed by atoms with Gasteiger partial charge in [0.2, 0.25) is 0 Å². The van der Waals surface area contributed by atoms with Gasteiger partial charge in [0.15, 0.2) is 5.82 Å². The molecule has 10 heteroatoms. The number of pyridine rings is 1. The molecule has 1 N–H and O–H groups in total. The lowest BCUT2D eigenvalue weighted by atomic mass is 10.00. The second kappa shape index (κ2) is 11.1. The number of aldehydes is 1. The first-order valence-electron chi connectivity index (χ1n) is 12.9. The smallest absolute Gasteiger partial charge is 0.255 e. The second-order valence-electron chi connectivity index (χ2n) is 9.92. The van der Waals surface area contributed by atoms with E-state index in [2.05, 4.69) is 27.3 Å². The predicted octanol–water partition coefficient (Wildman–Crippen LogP) is 3.32. The zero-order valence-electron chi connectivity index (χ0n) is 21.4. The number of nitrogens with zero attached hydrogens (tertiary/aromatic N) is 6. The van der Waals surface area contributed by atoms with Crippen molar-refractivity contribution < 1.29 is 14.0 Å². The third-order valence-electron chi connectivity index (χ3n) is 7.23. The van der Waals surface area contributed by atoms with Crippen LogP contribution in [0.4, 0.5) is 10.2 Å². The average molecular weight is 516 g/mol. The van der Waals surface area contributed by atoms with Gasteiger partial charge in [-0.25, -0.2) is 14.1 Å². The number of aromatic nitrogens is 3. The van der Waals surface area contributed by atoms with Crippen molar-refractivity contribution in [2.75, 3.05) is 38.1 Å². The first kappa shape index (κ1) is 25.5. The predicted molar refractivity (Wildman–Crippen MR) is 140 cm³/mol. The fraction of sp³-hybridized carbons (Fsp3) is 0.393. The molecule has 0 bridgehead atoms. The molecule has 1 amide bonds. The highest BCUT2D eigenvalue weighted by Crippen LogP contribution is 2.32. The van der Waals surface area contributed by atoms with Crippen molar-refractivity contribution in [1.29, 1.82) is 5.26 Å². The molecular weight excluding hydrogens is 485 g/mol. The van der Waals surface area contributed by atoms with Crippen LogP contribution in [0, 0.1) is 23.1 Å². The van der Waals surface area contributed by atoms with Gasteiger partial charge >= 0.3 is 0 Å². The molecule has 0 radical (unpaired) electrons. The first-order valence-corrected chi connectivity index (χ1v) is 12.9. The topological polar surface area (TPSA) is 107 Å². The lowest BCUT2D eigenvalue weighted by molar-refractivity contribution is -0.111. The summed E-state index contributed by atoms with van der Waals surface area (Å²) in [6.07, 6.45) is 7.31. The number of rotatable bonds is 4. The summed E-state index contributed by atoms with van der Waals surface area (Å²) in [5, 5.41) is 16.9. The summed E-state index contributed by atoms with van der Waals surface area (Å²) >= 11 is 0. The molecule has 196 valence electrons. The Morgan fingerprint density at radius 3 is 2.68 bits per heavy atom. The number of hydrogen-bond acceptors (Lipinski definition) is 7. The molecule has 2 aromatic heterocycles. The minimum absolute atomic E-state index is 0.0260. The average Bonchev–Trinajstić information content (AvgIpc) is 3.70. The standard InChI is InChI=1S/C23H19FN6O2.C5H11N/c24-16-5-1-4-15(10-25)21(16)17-9-19(22-18(27-17)11-26-23(22)32)30-8-6-20(28-30)29-7-2-3-14(12-29)13-31;1-6-4-2-3-5-6/h1,4-6,8-9,13-14H,2-3,7,11-12H2,(H,26,32);2-5H2,1H3. The van der Waals surface area contributed by atoms with Gasteiger partial charge in [0.1, 0.15) is 12.1 Å². The van der Waals surface area contributed by atoms with Crippen LogP contribution in [0.15, 0.2) is 36.5 Å². The number of nitriles is 1. The van der Waals surface area contributed by atoms with Crippen LogP contribution >= 0.6 is 0 Å². The van der Waals surface area contributed by atoms with Gasteiger partial charge in [-0.05, 0) is 64.0 Å². The van der Waals surface area contributed by atoms with E-state index in [0.717, 1.165) is 25.7 Å². The van der Waals surface area contributed by atoms with E-state index in [4.69, 9.17) is 0 Å². The van der Waals surface area contributed by atoms with Gasteiger partial charge in [-0.1, -0.05) is 6.07 Å². The van der Waals surface area contributed by atoms with Crippen LogP contribution in [0.2, 0.25) is 0 Å². The van der Waals surface area contributed by atoms with Gasteiger partial charge in [-0.15, -0.1) is 0 Å². The van der Waals surface area contributed by atoms with Crippen molar-refractivity contribution in [3.8, 4) is 23.0 Å². The maximum atomic E-state index is 14.7. The fourth-order valence-electron chi connectivity index (χ4n) is 5.22. The van der Waals surface area contributed by atoms with E-state index in [9.17, 15) is 19.2 Å². The molecule has 0 saturated carbocycles. The van der Waals surface area contributed by atoms with Crippen molar-refractivity contribution in [3.05, 3.63) is 59.2 Å². The molecule has 0 spiro atoms. The molecule has 3 aliphatic rings. The van der Waals surface area contributed by atoms with Crippen molar-refractivity contribution in [2.45, 2.75) is 32.2 Å². The van der Waals surface area contributed by atoms with Gasteiger partial charge < -0.3 is 19.9 Å². The van der Waals surface area contributed by atoms with Crippen molar-refractivity contribution in [2.24, 2.45) is 5.92 Å². The zero-order chi connectivity index (χ0) is 26.6. The van der Waals surface area contributed by atoms with Crippen molar-refractivity contribution in [1.82, 2.24) is 25.0 Å². The summed E-state index contributed by atoms with van der Waals surface area (Å²) < 4.78 is 16.2. The van der Waals surface area contributed by atoms with E-state index < -0.39 is 5.82 Å². The van der Waals surface area contributed by atoms with Gasteiger partial charge in [0.25, 0.3) is 5.91 Å². The molecule has 1 atom stereocenters. The van der Waals surface area contributed by atoms with Gasteiger partial charge in [0.05, 0.1) is 46.4 Å². The molecule has 9 nitrogen and oxygen atoms in total. The van der Waals surface area contributed by atoms with Crippen LogP contribution in [0.3, 0.4) is 0 Å². The van der Waals surface area contributed by atoms with E-state index in [1.54, 1.807) is 16.9 Å². The molecule has 1 aromatic carbocycles. The SMILES string of the molecule is CN1CCCC1.N#Cc1cccc(F)c1-c1cc(-n2ccc(N3CCCC(C=O)C3)n2)c2c(n1)CNC2=O. The van der Waals surface area contributed by atoms with Crippen LogP contribution in [0.5, 0.6) is 0 Å². The highest BCUT2D eigenvalue weighted by atomic mass is 19.1. The van der Waals surface area contributed by atoms with E-state index >= 15 is 0 Å². The Balaban J connectivity index is 0.000000433. The van der Waals surface area contributed by atoms with E-state index in [-0.39, 0.29) is 35.2 Å².